The van der Waals surface area contributed by atoms with Crippen molar-refractivity contribution in [3.63, 3.8) is 0 Å². The number of carbonyl (C=O) groups is 1. The van der Waals surface area contributed by atoms with Gasteiger partial charge in [0.1, 0.15) is 0 Å². The largest absolute Gasteiger partial charge is 0.481 e. The summed E-state index contributed by atoms with van der Waals surface area (Å²) in [5.41, 5.74) is 3.70. The summed E-state index contributed by atoms with van der Waals surface area (Å²) in [6.07, 6.45) is 2.56. The highest BCUT2D eigenvalue weighted by molar-refractivity contribution is 5.85. The second-order valence-electron chi connectivity index (χ2n) is 3.78. The summed E-state index contributed by atoms with van der Waals surface area (Å²) in [7, 11) is 1.95. The summed E-state index contributed by atoms with van der Waals surface area (Å²) < 4.78 is 2.03. The number of carboxylic acids is 1. The number of pyridine rings is 1. The maximum Gasteiger partial charge on any atom is 0.307 e. The van der Waals surface area contributed by atoms with E-state index in [0.717, 1.165) is 28.7 Å². The van der Waals surface area contributed by atoms with E-state index in [4.69, 9.17) is 5.11 Å². The second kappa shape index (κ2) is 3.96. The third-order valence-electron chi connectivity index (χ3n) is 2.85. The third-order valence-corrected chi connectivity index (χ3v) is 2.85. The molecule has 0 saturated carbocycles. The molecule has 0 aliphatic heterocycles. The molecule has 0 aliphatic rings. The van der Waals surface area contributed by atoms with Crippen LogP contribution in [0.1, 0.15) is 18.2 Å². The number of nitrogens with zero attached hydrogens (tertiary/aromatic N) is 2. The highest BCUT2D eigenvalue weighted by atomic mass is 16.4. The first-order valence-corrected chi connectivity index (χ1v) is 5.28. The van der Waals surface area contributed by atoms with Crippen LogP contribution in [0.25, 0.3) is 11.0 Å². The quantitative estimate of drug-likeness (QED) is 0.854. The lowest BCUT2D eigenvalue weighted by atomic mass is 10.1. The van der Waals surface area contributed by atoms with E-state index < -0.39 is 5.97 Å². The second-order valence-corrected chi connectivity index (χ2v) is 3.78. The van der Waals surface area contributed by atoms with Gasteiger partial charge in [-0.1, -0.05) is 6.92 Å². The van der Waals surface area contributed by atoms with Gasteiger partial charge in [0, 0.05) is 24.5 Å². The SMILES string of the molecule is CCc1c(CC(=O)O)c2ncccc2n1C. The van der Waals surface area contributed by atoms with E-state index in [1.807, 2.05) is 30.7 Å². The molecule has 2 rings (SSSR count). The van der Waals surface area contributed by atoms with Crippen LogP contribution >= 0.6 is 0 Å². The Morgan fingerprint density at radius 2 is 2.31 bits per heavy atom. The molecule has 0 spiro atoms. The van der Waals surface area contributed by atoms with Crippen molar-refractivity contribution in [3.05, 3.63) is 29.6 Å². The molecule has 0 unspecified atom stereocenters. The Hall–Kier alpha value is -1.84. The Balaban J connectivity index is 2.72. The molecule has 4 heteroatoms. The first-order chi connectivity index (χ1) is 7.65. The molecule has 2 aromatic rings. The molecular weight excluding hydrogens is 204 g/mol. The molecule has 4 nitrogen and oxygen atoms in total. The van der Waals surface area contributed by atoms with Crippen LogP contribution in [0, 0.1) is 0 Å². The van der Waals surface area contributed by atoms with Gasteiger partial charge in [0.05, 0.1) is 17.5 Å². The molecule has 1 N–H and O–H groups in total. The molecule has 84 valence electrons. The Labute approximate surface area is 93.5 Å². The monoisotopic (exact) mass is 218 g/mol. The predicted octanol–water partition coefficient (Wildman–Crippen LogP) is 1.76. The standard InChI is InChI=1S/C12H14N2O2/c1-3-9-8(7-11(15)16)12-10(14(9)2)5-4-6-13-12/h4-6H,3,7H2,1-2H3,(H,15,16). The minimum Gasteiger partial charge on any atom is -0.481 e. The van der Waals surface area contributed by atoms with Crippen LogP contribution in [0.3, 0.4) is 0 Å². The van der Waals surface area contributed by atoms with E-state index in [-0.39, 0.29) is 6.42 Å². The first kappa shape index (κ1) is 10.7. The van der Waals surface area contributed by atoms with E-state index >= 15 is 0 Å². The number of fused-ring (bicyclic) bond motifs is 1. The molecule has 0 saturated heterocycles. The molecule has 2 heterocycles. The van der Waals surface area contributed by atoms with Crippen molar-refractivity contribution in [2.24, 2.45) is 7.05 Å². The Morgan fingerprint density at radius 1 is 1.56 bits per heavy atom. The van der Waals surface area contributed by atoms with Gasteiger partial charge in [-0.3, -0.25) is 9.78 Å². The van der Waals surface area contributed by atoms with Crippen LogP contribution in [0.2, 0.25) is 0 Å². The fraction of sp³-hybridized carbons (Fsp3) is 0.333. The first-order valence-electron chi connectivity index (χ1n) is 5.28. The van der Waals surface area contributed by atoms with Gasteiger partial charge in [0.15, 0.2) is 0 Å². The molecule has 0 aromatic carbocycles. The van der Waals surface area contributed by atoms with Crippen LogP contribution in [0.15, 0.2) is 18.3 Å². The fourth-order valence-corrected chi connectivity index (χ4v) is 2.17. The zero-order valence-electron chi connectivity index (χ0n) is 9.40. The van der Waals surface area contributed by atoms with Gasteiger partial charge in [-0.25, -0.2) is 0 Å². The van der Waals surface area contributed by atoms with Gasteiger partial charge in [-0.15, -0.1) is 0 Å². The van der Waals surface area contributed by atoms with E-state index in [1.165, 1.54) is 0 Å². The Kier molecular flexibility index (Phi) is 2.64. The van der Waals surface area contributed by atoms with Gasteiger partial charge >= 0.3 is 5.97 Å². The topological polar surface area (TPSA) is 55.1 Å². The molecule has 0 fully saturated rings. The van der Waals surface area contributed by atoms with Crippen molar-refractivity contribution in [1.29, 1.82) is 0 Å². The van der Waals surface area contributed by atoms with Crippen LogP contribution in [0.4, 0.5) is 0 Å². The maximum atomic E-state index is 10.9. The maximum absolute atomic E-state index is 10.9. The minimum atomic E-state index is -0.812. The highest BCUT2D eigenvalue weighted by Gasteiger charge is 2.16. The van der Waals surface area contributed by atoms with Crippen molar-refractivity contribution in [2.45, 2.75) is 19.8 Å². The number of hydrogen-bond acceptors (Lipinski definition) is 2. The Bertz CT molecular complexity index is 543. The van der Waals surface area contributed by atoms with E-state index in [1.54, 1.807) is 6.20 Å². The van der Waals surface area contributed by atoms with E-state index in [9.17, 15) is 4.79 Å². The van der Waals surface area contributed by atoms with Gasteiger partial charge in [0.25, 0.3) is 0 Å². The smallest absolute Gasteiger partial charge is 0.307 e. The zero-order chi connectivity index (χ0) is 11.7. The lowest BCUT2D eigenvalue weighted by molar-refractivity contribution is -0.136. The minimum absolute atomic E-state index is 0.0392. The summed E-state index contributed by atoms with van der Waals surface area (Å²) in [5.74, 6) is -0.812. The molecule has 0 atom stereocenters. The molecule has 0 bridgehead atoms. The zero-order valence-corrected chi connectivity index (χ0v) is 9.40. The number of aliphatic carboxylic acids is 1. The van der Waals surface area contributed by atoms with Crippen LogP contribution in [0.5, 0.6) is 0 Å². The molecular formula is C12H14N2O2. The van der Waals surface area contributed by atoms with Crippen molar-refractivity contribution in [3.8, 4) is 0 Å². The third kappa shape index (κ3) is 1.56. The van der Waals surface area contributed by atoms with E-state index in [0.29, 0.717) is 0 Å². The fourth-order valence-electron chi connectivity index (χ4n) is 2.17. The normalized spacial score (nSPS) is 10.9. The number of rotatable bonds is 3. The number of aryl methyl sites for hydroxylation is 1. The summed E-state index contributed by atoms with van der Waals surface area (Å²) in [6.45, 7) is 2.03. The lowest BCUT2D eigenvalue weighted by Crippen LogP contribution is -2.04. The van der Waals surface area contributed by atoms with Gasteiger partial charge in [-0.05, 0) is 18.6 Å². The number of hydrogen-bond donors (Lipinski definition) is 1. The Morgan fingerprint density at radius 3 is 2.94 bits per heavy atom. The molecule has 0 aliphatic carbocycles. The van der Waals surface area contributed by atoms with Crippen molar-refractivity contribution in [1.82, 2.24) is 9.55 Å². The summed E-state index contributed by atoms with van der Waals surface area (Å²) in [5, 5.41) is 8.92. The van der Waals surface area contributed by atoms with Crippen LogP contribution in [-0.2, 0) is 24.7 Å². The average Bonchev–Trinajstić information content (AvgIpc) is 2.52. The number of carboxylic acid groups (broad SMARTS) is 1. The summed E-state index contributed by atoms with van der Waals surface area (Å²) in [4.78, 5) is 15.1. The van der Waals surface area contributed by atoms with E-state index in [2.05, 4.69) is 4.98 Å². The average molecular weight is 218 g/mol. The molecule has 2 aromatic heterocycles. The van der Waals surface area contributed by atoms with Gasteiger partial charge < -0.3 is 9.67 Å². The molecule has 16 heavy (non-hydrogen) atoms. The highest BCUT2D eigenvalue weighted by Crippen LogP contribution is 2.24. The molecule has 0 amide bonds. The summed E-state index contributed by atoms with van der Waals surface area (Å²) in [6, 6.07) is 3.83. The van der Waals surface area contributed by atoms with Gasteiger partial charge in [0.2, 0.25) is 0 Å². The summed E-state index contributed by atoms with van der Waals surface area (Å²) >= 11 is 0. The van der Waals surface area contributed by atoms with Crippen molar-refractivity contribution < 1.29 is 9.90 Å². The van der Waals surface area contributed by atoms with Crippen LogP contribution in [-0.4, -0.2) is 20.6 Å². The predicted molar refractivity (Wildman–Crippen MR) is 61.4 cm³/mol. The van der Waals surface area contributed by atoms with Gasteiger partial charge in [-0.2, -0.15) is 0 Å². The lowest BCUT2D eigenvalue weighted by Gasteiger charge is -2.02. The molecule has 0 radical (unpaired) electrons. The number of aromatic nitrogens is 2. The van der Waals surface area contributed by atoms with Crippen molar-refractivity contribution >= 4 is 17.0 Å². The van der Waals surface area contributed by atoms with Crippen LogP contribution < -0.4 is 0 Å². The van der Waals surface area contributed by atoms with Crippen molar-refractivity contribution in [2.75, 3.05) is 0 Å².